The number of hydrogen-bond donors (Lipinski definition) is 2. The number of likely N-dealkylation sites (tertiary alicyclic amines) is 1. The normalized spacial score (nSPS) is 17.8. The van der Waals surface area contributed by atoms with Crippen LogP contribution in [0.5, 0.6) is 0 Å². The van der Waals surface area contributed by atoms with Gasteiger partial charge in [0.2, 0.25) is 5.91 Å². The summed E-state index contributed by atoms with van der Waals surface area (Å²) in [6, 6.07) is 11.8. The van der Waals surface area contributed by atoms with Crippen molar-refractivity contribution in [1.82, 2.24) is 25.1 Å². The first-order valence-corrected chi connectivity index (χ1v) is 11.5. The van der Waals surface area contributed by atoms with E-state index in [2.05, 4.69) is 36.4 Å². The van der Waals surface area contributed by atoms with Crippen molar-refractivity contribution in [3.8, 4) is 11.4 Å². The molecule has 0 unspecified atom stereocenters. The molecule has 2 aromatic heterocycles. The van der Waals surface area contributed by atoms with Crippen molar-refractivity contribution >= 4 is 17.3 Å². The summed E-state index contributed by atoms with van der Waals surface area (Å²) in [5, 5.41) is 10.6. The molecule has 0 aliphatic carbocycles. The van der Waals surface area contributed by atoms with Gasteiger partial charge in [-0.1, -0.05) is 12.1 Å². The van der Waals surface area contributed by atoms with E-state index >= 15 is 0 Å². The average Bonchev–Trinajstić information content (AvgIpc) is 3.36. The zero-order valence-electron chi connectivity index (χ0n) is 18.6. The number of ether oxygens (including phenoxy) is 1. The smallest absolute Gasteiger partial charge is 0.238 e. The van der Waals surface area contributed by atoms with Gasteiger partial charge in [-0.25, -0.2) is 4.98 Å². The second-order valence-electron chi connectivity index (χ2n) is 8.50. The third-order valence-corrected chi connectivity index (χ3v) is 6.31. The first-order valence-electron chi connectivity index (χ1n) is 11.5. The van der Waals surface area contributed by atoms with Gasteiger partial charge in [-0.2, -0.15) is 5.10 Å². The highest BCUT2D eigenvalue weighted by atomic mass is 16.5. The Morgan fingerprint density at radius 2 is 1.82 bits per heavy atom. The van der Waals surface area contributed by atoms with Crippen LogP contribution in [0.15, 0.2) is 48.8 Å². The fraction of sp³-hybridized carbons (Fsp3) is 0.417. The molecule has 172 valence electrons. The standard InChI is InChI=1S/C24H29N7O2/c32-22(26-20-3-1-2-4-21(20)31-13-15-33-16-14-31)17-30-11-7-19(8-12-30)24-27-23(28-29-24)18-5-9-25-10-6-18/h1-6,9-10,19H,7-8,11-17H2,(H,26,32)(H,27,28,29). The summed E-state index contributed by atoms with van der Waals surface area (Å²) < 4.78 is 5.46. The third kappa shape index (κ3) is 5.20. The van der Waals surface area contributed by atoms with E-state index in [-0.39, 0.29) is 5.91 Å². The third-order valence-electron chi connectivity index (χ3n) is 6.31. The Bertz CT molecular complexity index is 1060. The molecule has 0 radical (unpaired) electrons. The largest absolute Gasteiger partial charge is 0.378 e. The number of aromatic amines is 1. The maximum Gasteiger partial charge on any atom is 0.238 e. The second kappa shape index (κ2) is 10.1. The van der Waals surface area contributed by atoms with Crippen LogP contribution in [0.1, 0.15) is 24.6 Å². The molecular weight excluding hydrogens is 418 g/mol. The average molecular weight is 448 g/mol. The van der Waals surface area contributed by atoms with Crippen LogP contribution in [0.4, 0.5) is 11.4 Å². The zero-order chi connectivity index (χ0) is 22.5. The molecule has 33 heavy (non-hydrogen) atoms. The fourth-order valence-corrected chi connectivity index (χ4v) is 4.50. The second-order valence-corrected chi connectivity index (χ2v) is 8.50. The first kappa shape index (κ1) is 21.5. The number of nitrogens with zero attached hydrogens (tertiary/aromatic N) is 5. The van der Waals surface area contributed by atoms with Crippen LogP contribution in [-0.2, 0) is 9.53 Å². The van der Waals surface area contributed by atoms with Gasteiger partial charge in [0.15, 0.2) is 5.82 Å². The van der Waals surface area contributed by atoms with Crippen LogP contribution < -0.4 is 10.2 Å². The molecule has 9 heteroatoms. The van der Waals surface area contributed by atoms with Gasteiger partial charge in [0.05, 0.1) is 31.1 Å². The molecule has 3 aromatic rings. The quantitative estimate of drug-likeness (QED) is 0.599. The predicted molar refractivity (Wildman–Crippen MR) is 126 cm³/mol. The molecule has 2 aliphatic heterocycles. The molecule has 1 aromatic carbocycles. The number of aromatic nitrogens is 4. The molecule has 4 heterocycles. The summed E-state index contributed by atoms with van der Waals surface area (Å²) in [5.74, 6) is 1.97. The van der Waals surface area contributed by atoms with Crippen LogP contribution in [-0.4, -0.2) is 76.9 Å². The van der Waals surface area contributed by atoms with Crippen LogP contribution >= 0.6 is 0 Å². The molecule has 2 N–H and O–H groups in total. The van der Waals surface area contributed by atoms with E-state index in [1.54, 1.807) is 12.4 Å². The Hall–Kier alpha value is -3.30. The number of hydrogen-bond acceptors (Lipinski definition) is 7. The SMILES string of the molecule is O=C(CN1CCC(c2nc(-c3ccncc3)n[nH]2)CC1)Nc1ccccc1N1CCOCC1. The number of benzene rings is 1. The lowest BCUT2D eigenvalue weighted by Crippen LogP contribution is -2.39. The number of morpholine rings is 1. The van der Waals surface area contributed by atoms with Crippen molar-refractivity contribution in [1.29, 1.82) is 0 Å². The minimum absolute atomic E-state index is 0.0220. The molecule has 1 amide bonds. The maximum atomic E-state index is 12.8. The van der Waals surface area contributed by atoms with E-state index in [4.69, 9.17) is 9.72 Å². The number of carbonyl (C=O) groups excluding carboxylic acids is 1. The molecule has 2 fully saturated rings. The molecule has 0 spiro atoms. The molecule has 2 saturated heterocycles. The van der Waals surface area contributed by atoms with Crippen LogP contribution in [0.3, 0.4) is 0 Å². The summed E-state index contributed by atoms with van der Waals surface area (Å²) in [6.45, 7) is 5.21. The fourth-order valence-electron chi connectivity index (χ4n) is 4.50. The molecule has 5 rings (SSSR count). The summed E-state index contributed by atoms with van der Waals surface area (Å²) in [4.78, 5) is 26.0. The molecule has 0 bridgehead atoms. The van der Waals surface area contributed by atoms with Crippen molar-refractivity contribution in [2.24, 2.45) is 0 Å². The lowest BCUT2D eigenvalue weighted by atomic mass is 9.96. The van der Waals surface area contributed by atoms with E-state index in [0.29, 0.717) is 31.5 Å². The number of nitrogens with one attached hydrogen (secondary N) is 2. The van der Waals surface area contributed by atoms with Gasteiger partial charge in [0, 0.05) is 37.0 Å². The Morgan fingerprint density at radius 1 is 1.06 bits per heavy atom. The molecule has 0 saturated carbocycles. The minimum atomic E-state index is 0.0220. The highest BCUT2D eigenvalue weighted by molar-refractivity contribution is 5.95. The van der Waals surface area contributed by atoms with Crippen molar-refractivity contribution < 1.29 is 9.53 Å². The number of piperidine rings is 1. The van der Waals surface area contributed by atoms with Crippen molar-refractivity contribution in [2.45, 2.75) is 18.8 Å². The number of para-hydroxylation sites is 2. The van der Waals surface area contributed by atoms with Gasteiger partial charge in [0.1, 0.15) is 5.82 Å². The van der Waals surface area contributed by atoms with E-state index in [1.807, 2.05) is 30.3 Å². The monoisotopic (exact) mass is 447 g/mol. The highest BCUT2D eigenvalue weighted by Crippen LogP contribution is 2.28. The lowest BCUT2D eigenvalue weighted by Gasteiger charge is -2.32. The number of carbonyl (C=O) groups is 1. The number of amides is 1. The summed E-state index contributed by atoms with van der Waals surface area (Å²) in [5.41, 5.74) is 2.88. The van der Waals surface area contributed by atoms with E-state index < -0.39 is 0 Å². The van der Waals surface area contributed by atoms with Crippen LogP contribution in [0, 0.1) is 0 Å². The maximum absolute atomic E-state index is 12.8. The number of pyridine rings is 1. The van der Waals surface area contributed by atoms with Crippen LogP contribution in [0.2, 0.25) is 0 Å². The topological polar surface area (TPSA) is 99.3 Å². The Balaban J connectivity index is 1.14. The summed E-state index contributed by atoms with van der Waals surface area (Å²) in [6.07, 6.45) is 5.38. The van der Waals surface area contributed by atoms with Gasteiger partial charge in [-0.3, -0.25) is 19.8 Å². The van der Waals surface area contributed by atoms with E-state index in [0.717, 1.165) is 61.8 Å². The first-order chi connectivity index (χ1) is 16.3. The molecular formula is C24H29N7O2. The number of anilines is 2. The summed E-state index contributed by atoms with van der Waals surface area (Å²) >= 11 is 0. The van der Waals surface area contributed by atoms with Crippen molar-refractivity contribution in [3.63, 3.8) is 0 Å². The van der Waals surface area contributed by atoms with Crippen molar-refractivity contribution in [3.05, 3.63) is 54.6 Å². The Kier molecular flexibility index (Phi) is 6.59. The Labute approximate surface area is 193 Å². The van der Waals surface area contributed by atoms with E-state index in [9.17, 15) is 4.79 Å². The Morgan fingerprint density at radius 3 is 2.61 bits per heavy atom. The lowest BCUT2D eigenvalue weighted by molar-refractivity contribution is -0.117. The molecule has 0 atom stereocenters. The van der Waals surface area contributed by atoms with E-state index in [1.165, 1.54) is 0 Å². The molecule has 2 aliphatic rings. The van der Waals surface area contributed by atoms with Gasteiger partial charge in [0.25, 0.3) is 0 Å². The van der Waals surface area contributed by atoms with Gasteiger partial charge < -0.3 is 15.0 Å². The number of rotatable bonds is 6. The highest BCUT2D eigenvalue weighted by Gasteiger charge is 2.25. The van der Waals surface area contributed by atoms with Crippen molar-refractivity contribution in [2.75, 3.05) is 56.2 Å². The van der Waals surface area contributed by atoms with Gasteiger partial charge in [-0.05, 0) is 50.2 Å². The molecule has 9 nitrogen and oxygen atoms in total. The zero-order valence-corrected chi connectivity index (χ0v) is 18.6. The minimum Gasteiger partial charge on any atom is -0.378 e. The van der Waals surface area contributed by atoms with Gasteiger partial charge in [-0.15, -0.1) is 0 Å². The van der Waals surface area contributed by atoms with Gasteiger partial charge >= 0.3 is 0 Å². The summed E-state index contributed by atoms with van der Waals surface area (Å²) in [7, 11) is 0. The number of H-pyrrole nitrogens is 1. The predicted octanol–water partition coefficient (Wildman–Crippen LogP) is 2.52. The van der Waals surface area contributed by atoms with Crippen LogP contribution in [0.25, 0.3) is 11.4 Å².